The standard InChI is InChI=1S/C39H31N3O4S/c1-26(37(43)41-34-18-10-16-27-11-8-9-17-33(27)34)47-32-22-19-30(20-23-32)40-39(45)35(42-38(44)29-14-6-3-7-15-29)25-31-21-24-36(46-31)28-12-4-2-5-13-28/h2-26H,1H3,(H,40,45)(H,41,43)(H,42,44)/b35-25-/t26-/m1/s1. The van der Waals surface area contributed by atoms with Crippen LogP contribution in [0.2, 0.25) is 0 Å². The summed E-state index contributed by atoms with van der Waals surface area (Å²) in [7, 11) is 0. The van der Waals surface area contributed by atoms with E-state index in [2.05, 4.69) is 16.0 Å². The smallest absolute Gasteiger partial charge is 0.272 e. The van der Waals surface area contributed by atoms with Crippen molar-refractivity contribution in [3.05, 3.63) is 157 Å². The zero-order valence-electron chi connectivity index (χ0n) is 25.5. The van der Waals surface area contributed by atoms with Gasteiger partial charge in [-0.25, -0.2) is 0 Å². The summed E-state index contributed by atoms with van der Waals surface area (Å²) in [6.45, 7) is 1.85. The Morgan fingerprint density at radius 3 is 2.15 bits per heavy atom. The van der Waals surface area contributed by atoms with Crippen molar-refractivity contribution in [3.8, 4) is 11.3 Å². The van der Waals surface area contributed by atoms with Gasteiger partial charge in [0, 0.05) is 38.9 Å². The minimum Gasteiger partial charge on any atom is -0.457 e. The van der Waals surface area contributed by atoms with Crippen molar-refractivity contribution in [2.45, 2.75) is 17.1 Å². The van der Waals surface area contributed by atoms with Crippen molar-refractivity contribution in [2.75, 3.05) is 10.6 Å². The second-order valence-corrected chi connectivity index (χ2v) is 12.1. The number of hydrogen-bond donors (Lipinski definition) is 3. The highest BCUT2D eigenvalue weighted by Gasteiger charge is 2.18. The van der Waals surface area contributed by atoms with E-state index in [1.807, 2.05) is 104 Å². The predicted octanol–water partition coefficient (Wildman–Crippen LogP) is 8.63. The molecule has 1 heterocycles. The fraction of sp³-hybridized carbons (Fsp3) is 0.0513. The van der Waals surface area contributed by atoms with Gasteiger partial charge in [0.1, 0.15) is 17.2 Å². The number of carbonyl (C=O) groups excluding carboxylic acids is 3. The van der Waals surface area contributed by atoms with Gasteiger partial charge in [-0.2, -0.15) is 0 Å². The Morgan fingerprint density at radius 1 is 0.702 bits per heavy atom. The van der Waals surface area contributed by atoms with Crippen LogP contribution in [0.15, 0.2) is 155 Å². The van der Waals surface area contributed by atoms with Crippen LogP contribution < -0.4 is 16.0 Å². The molecule has 6 aromatic rings. The second-order valence-electron chi connectivity index (χ2n) is 10.7. The fourth-order valence-corrected chi connectivity index (χ4v) is 5.78. The summed E-state index contributed by atoms with van der Waals surface area (Å²) < 4.78 is 5.98. The molecule has 5 aromatic carbocycles. The first kappa shape index (κ1) is 31.1. The summed E-state index contributed by atoms with van der Waals surface area (Å²) in [4.78, 5) is 40.4. The summed E-state index contributed by atoms with van der Waals surface area (Å²) >= 11 is 1.41. The van der Waals surface area contributed by atoms with Crippen LogP contribution in [-0.2, 0) is 9.59 Å². The first-order valence-electron chi connectivity index (χ1n) is 15.0. The Labute approximate surface area is 276 Å². The lowest BCUT2D eigenvalue weighted by molar-refractivity contribution is -0.115. The zero-order chi connectivity index (χ0) is 32.6. The summed E-state index contributed by atoms with van der Waals surface area (Å²) in [5.41, 5.74) is 2.62. The molecule has 0 saturated heterocycles. The SMILES string of the molecule is C[C@@H](Sc1ccc(NC(=O)/C(=C/c2ccc(-c3ccccc3)o2)NC(=O)c2ccccc2)cc1)C(=O)Nc1cccc2ccccc12. The van der Waals surface area contributed by atoms with Crippen LogP contribution in [0.5, 0.6) is 0 Å². The van der Waals surface area contributed by atoms with Crippen molar-refractivity contribution in [1.29, 1.82) is 0 Å². The number of furan rings is 1. The summed E-state index contributed by atoms with van der Waals surface area (Å²) in [6.07, 6.45) is 1.50. The molecule has 0 spiro atoms. The Kier molecular flexibility index (Phi) is 9.60. The molecular weight excluding hydrogens is 607 g/mol. The number of anilines is 2. The van der Waals surface area contributed by atoms with Gasteiger partial charge in [0.2, 0.25) is 5.91 Å². The fourth-order valence-electron chi connectivity index (χ4n) is 4.91. The number of carbonyl (C=O) groups is 3. The van der Waals surface area contributed by atoms with Crippen molar-refractivity contribution in [1.82, 2.24) is 5.32 Å². The molecule has 232 valence electrons. The Bertz CT molecular complexity index is 2050. The van der Waals surface area contributed by atoms with E-state index < -0.39 is 11.8 Å². The molecule has 0 aliphatic heterocycles. The third kappa shape index (κ3) is 7.87. The molecule has 0 fully saturated rings. The Morgan fingerprint density at radius 2 is 1.38 bits per heavy atom. The molecule has 1 atom stereocenters. The van der Waals surface area contributed by atoms with Gasteiger partial charge in [-0.3, -0.25) is 14.4 Å². The average molecular weight is 638 g/mol. The van der Waals surface area contributed by atoms with Gasteiger partial charge >= 0.3 is 0 Å². The average Bonchev–Trinajstić information content (AvgIpc) is 3.58. The first-order valence-corrected chi connectivity index (χ1v) is 15.9. The lowest BCUT2D eigenvalue weighted by Gasteiger charge is -2.14. The molecule has 0 unspecified atom stereocenters. The number of rotatable bonds is 10. The van der Waals surface area contributed by atoms with E-state index in [4.69, 9.17) is 4.42 Å². The van der Waals surface area contributed by atoms with E-state index in [9.17, 15) is 14.4 Å². The maximum atomic E-state index is 13.5. The van der Waals surface area contributed by atoms with Crippen molar-refractivity contribution < 1.29 is 18.8 Å². The van der Waals surface area contributed by atoms with Crippen LogP contribution in [0.25, 0.3) is 28.2 Å². The van der Waals surface area contributed by atoms with E-state index in [-0.39, 0.29) is 16.9 Å². The highest BCUT2D eigenvalue weighted by molar-refractivity contribution is 8.00. The normalized spacial score (nSPS) is 11.9. The summed E-state index contributed by atoms with van der Waals surface area (Å²) in [6, 6.07) is 42.8. The highest BCUT2D eigenvalue weighted by atomic mass is 32.2. The molecule has 0 saturated carbocycles. The van der Waals surface area contributed by atoms with E-state index in [1.54, 1.807) is 42.5 Å². The zero-order valence-corrected chi connectivity index (χ0v) is 26.3. The van der Waals surface area contributed by atoms with Gasteiger partial charge < -0.3 is 20.4 Å². The number of amides is 3. The predicted molar refractivity (Wildman–Crippen MR) is 189 cm³/mol. The van der Waals surface area contributed by atoms with Crippen LogP contribution in [0.4, 0.5) is 11.4 Å². The van der Waals surface area contributed by atoms with Gasteiger partial charge in [-0.1, -0.05) is 84.9 Å². The van der Waals surface area contributed by atoms with Gasteiger partial charge in [-0.15, -0.1) is 11.8 Å². The molecule has 6 rings (SSSR count). The molecule has 3 N–H and O–H groups in total. The molecule has 0 aliphatic rings. The minimum atomic E-state index is -0.518. The van der Waals surface area contributed by atoms with E-state index >= 15 is 0 Å². The van der Waals surface area contributed by atoms with Crippen LogP contribution in [-0.4, -0.2) is 23.0 Å². The van der Waals surface area contributed by atoms with Crippen LogP contribution >= 0.6 is 11.8 Å². The molecule has 8 heteroatoms. The molecule has 3 amide bonds. The lowest BCUT2D eigenvalue weighted by Crippen LogP contribution is -2.30. The highest BCUT2D eigenvalue weighted by Crippen LogP contribution is 2.28. The number of benzene rings is 5. The molecule has 47 heavy (non-hydrogen) atoms. The van der Waals surface area contributed by atoms with Crippen molar-refractivity contribution >= 4 is 57.7 Å². The minimum absolute atomic E-state index is 0.0185. The second kappa shape index (κ2) is 14.5. The topological polar surface area (TPSA) is 100 Å². The van der Waals surface area contributed by atoms with Gasteiger partial charge in [0.25, 0.3) is 11.8 Å². The van der Waals surface area contributed by atoms with Gasteiger partial charge in [0.05, 0.1) is 5.25 Å². The van der Waals surface area contributed by atoms with Crippen LogP contribution in [0.3, 0.4) is 0 Å². The van der Waals surface area contributed by atoms with E-state index in [0.717, 1.165) is 26.9 Å². The van der Waals surface area contributed by atoms with Crippen molar-refractivity contribution in [3.63, 3.8) is 0 Å². The quantitative estimate of drug-likeness (QED) is 0.103. The number of nitrogens with one attached hydrogen (secondary N) is 3. The first-order chi connectivity index (χ1) is 22.9. The van der Waals surface area contributed by atoms with E-state index in [1.165, 1.54) is 17.8 Å². The largest absolute Gasteiger partial charge is 0.457 e. The van der Waals surface area contributed by atoms with E-state index in [0.29, 0.717) is 22.8 Å². The summed E-state index contributed by atoms with van der Waals surface area (Å²) in [5.74, 6) is -0.00969. The van der Waals surface area contributed by atoms with Gasteiger partial charge in [0.15, 0.2) is 0 Å². The van der Waals surface area contributed by atoms with Crippen LogP contribution in [0.1, 0.15) is 23.0 Å². The molecule has 0 aliphatic carbocycles. The number of fused-ring (bicyclic) bond motifs is 1. The third-order valence-electron chi connectivity index (χ3n) is 7.34. The third-order valence-corrected chi connectivity index (χ3v) is 8.45. The van der Waals surface area contributed by atoms with Gasteiger partial charge in [-0.05, 0) is 66.9 Å². The molecule has 0 radical (unpaired) electrons. The monoisotopic (exact) mass is 637 g/mol. The maximum absolute atomic E-state index is 13.5. The van der Waals surface area contributed by atoms with Crippen molar-refractivity contribution in [2.24, 2.45) is 0 Å². The maximum Gasteiger partial charge on any atom is 0.272 e. The Hall–Kier alpha value is -5.86. The number of hydrogen-bond acceptors (Lipinski definition) is 5. The molecular formula is C39H31N3O4S. The molecule has 0 bridgehead atoms. The lowest BCUT2D eigenvalue weighted by atomic mass is 10.1. The number of thioether (sulfide) groups is 1. The van der Waals surface area contributed by atoms with Crippen LogP contribution in [0, 0.1) is 0 Å². The molecule has 7 nitrogen and oxygen atoms in total. The summed E-state index contributed by atoms with van der Waals surface area (Å²) in [5, 5.41) is 10.3. The Balaban J connectivity index is 1.14. The molecule has 1 aromatic heterocycles.